The summed E-state index contributed by atoms with van der Waals surface area (Å²) in [5.41, 5.74) is 0.945. The van der Waals surface area contributed by atoms with Crippen molar-refractivity contribution in [3.05, 3.63) is 35.9 Å². The number of amides is 1. The van der Waals surface area contributed by atoms with E-state index in [2.05, 4.69) is 15.5 Å². The van der Waals surface area contributed by atoms with Crippen LogP contribution < -0.4 is 10.2 Å². The minimum atomic E-state index is -4.43. The number of hydrogen-bond acceptors (Lipinski definition) is 6. The van der Waals surface area contributed by atoms with E-state index in [1.54, 1.807) is 4.90 Å². The molecule has 0 saturated carbocycles. The minimum Gasteiger partial charge on any atom is -0.378 e. The van der Waals surface area contributed by atoms with Crippen LogP contribution in [0.5, 0.6) is 0 Å². The van der Waals surface area contributed by atoms with Gasteiger partial charge in [0, 0.05) is 19.6 Å². The number of halogens is 3. The SMILES string of the molecule is CCC(Sc1nnc(N2CCOCC2)n1CC(F)(F)F)C(=O)NCc1ccccc1. The third-order valence-corrected chi connectivity index (χ3v) is 5.89. The number of nitrogens with zero attached hydrogens (tertiary/aromatic N) is 4. The molecule has 2 heterocycles. The largest absolute Gasteiger partial charge is 0.406 e. The average molecular weight is 443 g/mol. The van der Waals surface area contributed by atoms with Crippen molar-refractivity contribution in [1.82, 2.24) is 20.1 Å². The highest BCUT2D eigenvalue weighted by molar-refractivity contribution is 8.00. The zero-order valence-electron chi connectivity index (χ0n) is 16.6. The van der Waals surface area contributed by atoms with Crippen LogP contribution in [-0.4, -0.2) is 58.4 Å². The number of benzene rings is 1. The minimum absolute atomic E-state index is 0.0792. The van der Waals surface area contributed by atoms with Crippen LogP contribution in [-0.2, 0) is 22.6 Å². The molecule has 1 N–H and O–H groups in total. The number of rotatable bonds is 8. The van der Waals surface area contributed by atoms with Gasteiger partial charge in [-0.3, -0.25) is 9.36 Å². The van der Waals surface area contributed by atoms with Gasteiger partial charge in [0.25, 0.3) is 0 Å². The number of ether oxygens (including phenoxy) is 1. The van der Waals surface area contributed by atoms with Gasteiger partial charge in [0.05, 0.1) is 18.5 Å². The maximum absolute atomic E-state index is 13.2. The number of thioether (sulfide) groups is 1. The number of anilines is 1. The van der Waals surface area contributed by atoms with Crippen LogP contribution in [0.1, 0.15) is 18.9 Å². The number of aromatic nitrogens is 3. The maximum atomic E-state index is 13.2. The monoisotopic (exact) mass is 443 g/mol. The molecule has 1 saturated heterocycles. The fraction of sp³-hybridized carbons (Fsp3) is 0.526. The highest BCUT2D eigenvalue weighted by Crippen LogP contribution is 2.31. The summed E-state index contributed by atoms with van der Waals surface area (Å²) in [4.78, 5) is 14.3. The lowest BCUT2D eigenvalue weighted by Crippen LogP contribution is -2.38. The number of carbonyl (C=O) groups is 1. The summed E-state index contributed by atoms with van der Waals surface area (Å²) in [5.74, 6) is -0.0986. The normalized spacial score (nSPS) is 15.8. The Kier molecular flexibility index (Phi) is 7.59. The van der Waals surface area contributed by atoms with Crippen molar-refractivity contribution in [1.29, 1.82) is 0 Å². The summed E-state index contributed by atoms with van der Waals surface area (Å²) in [6.45, 7) is 2.67. The lowest BCUT2D eigenvalue weighted by molar-refractivity contribution is -0.141. The average Bonchev–Trinajstić information content (AvgIpc) is 3.12. The Bertz CT molecular complexity index is 825. The number of nitrogens with one attached hydrogen (secondary N) is 1. The second kappa shape index (κ2) is 10.2. The molecule has 0 bridgehead atoms. The van der Waals surface area contributed by atoms with E-state index in [9.17, 15) is 18.0 Å². The summed E-state index contributed by atoms with van der Waals surface area (Å²) < 4.78 is 46.0. The van der Waals surface area contributed by atoms with E-state index >= 15 is 0 Å². The van der Waals surface area contributed by atoms with E-state index in [-0.39, 0.29) is 17.0 Å². The number of alkyl halides is 3. The molecular weight excluding hydrogens is 419 g/mol. The quantitative estimate of drug-likeness (QED) is 0.633. The number of hydrogen-bond donors (Lipinski definition) is 1. The first kappa shape index (κ1) is 22.4. The smallest absolute Gasteiger partial charge is 0.378 e. The Labute approximate surface area is 177 Å². The van der Waals surface area contributed by atoms with Crippen LogP contribution in [0.3, 0.4) is 0 Å². The van der Waals surface area contributed by atoms with E-state index < -0.39 is 18.0 Å². The molecular formula is C19H24F3N5O2S. The van der Waals surface area contributed by atoms with Crippen LogP contribution in [0, 0.1) is 0 Å². The van der Waals surface area contributed by atoms with Gasteiger partial charge in [-0.25, -0.2) is 0 Å². The molecule has 1 aromatic carbocycles. The molecule has 164 valence electrons. The summed E-state index contributed by atoms with van der Waals surface area (Å²) in [7, 11) is 0. The number of carbonyl (C=O) groups excluding carboxylic acids is 1. The Hall–Kier alpha value is -2.27. The van der Waals surface area contributed by atoms with Gasteiger partial charge in [-0.15, -0.1) is 10.2 Å². The Balaban J connectivity index is 1.74. The summed E-state index contributed by atoms with van der Waals surface area (Å²) in [6.07, 6.45) is -3.99. The number of morpholine rings is 1. The van der Waals surface area contributed by atoms with Crippen LogP contribution >= 0.6 is 11.8 Å². The molecule has 1 aromatic heterocycles. The fourth-order valence-corrected chi connectivity index (χ4v) is 4.00. The third-order valence-electron chi connectivity index (χ3n) is 4.55. The summed E-state index contributed by atoms with van der Waals surface area (Å²) in [6, 6.07) is 9.42. The van der Waals surface area contributed by atoms with Gasteiger partial charge in [0.15, 0.2) is 5.16 Å². The third kappa shape index (κ3) is 6.11. The standard InChI is InChI=1S/C19H24F3N5O2S/c1-2-15(16(28)23-12-14-6-4-3-5-7-14)30-18-25-24-17(26-8-10-29-11-9-26)27(18)13-19(20,21)22/h3-7,15H,2,8-13H2,1H3,(H,23,28). The molecule has 30 heavy (non-hydrogen) atoms. The van der Waals surface area contributed by atoms with Crippen LogP contribution in [0.2, 0.25) is 0 Å². The zero-order chi connectivity index (χ0) is 21.6. The van der Waals surface area contributed by atoms with E-state index in [0.29, 0.717) is 39.3 Å². The Morgan fingerprint density at radius 3 is 2.57 bits per heavy atom. The van der Waals surface area contributed by atoms with Crippen molar-refractivity contribution in [3.63, 3.8) is 0 Å². The molecule has 1 fully saturated rings. The Morgan fingerprint density at radius 1 is 1.23 bits per heavy atom. The molecule has 0 radical (unpaired) electrons. The second-order valence-corrected chi connectivity index (χ2v) is 7.97. The lowest BCUT2D eigenvalue weighted by Gasteiger charge is -2.28. The van der Waals surface area contributed by atoms with Crippen molar-refractivity contribution < 1.29 is 22.7 Å². The first-order chi connectivity index (χ1) is 14.4. The van der Waals surface area contributed by atoms with Gasteiger partial charge >= 0.3 is 6.18 Å². The predicted molar refractivity (Wildman–Crippen MR) is 107 cm³/mol. The van der Waals surface area contributed by atoms with Gasteiger partial charge in [-0.1, -0.05) is 49.0 Å². The lowest BCUT2D eigenvalue weighted by atomic mass is 10.2. The van der Waals surface area contributed by atoms with E-state index in [0.717, 1.165) is 21.9 Å². The maximum Gasteiger partial charge on any atom is 0.406 e. The highest BCUT2D eigenvalue weighted by Gasteiger charge is 2.34. The van der Waals surface area contributed by atoms with E-state index in [1.807, 2.05) is 37.3 Å². The molecule has 0 aliphatic carbocycles. The molecule has 1 atom stereocenters. The van der Waals surface area contributed by atoms with Gasteiger partial charge < -0.3 is 15.0 Å². The van der Waals surface area contributed by atoms with Crippen molar-refractivity contribution in [2.75, 3.05) is 31.2 Å². The first-order valence-corrected chi connectivity index (χ1v) is 10.6. The van der Waals surface area contributed by atoms with Gasteiger partial charge in [-0.05, 0) is 12.0 Å². The van der Waals surface area contributed by atoms with Gasteiger partial charge in [0.2, 0.25) is 11.9 Å². The predicted octanol–water partition coefficient (Wildman–Crippen LogP) is 2.86. The molecule has 7 nitrogen and oxygen atoms in total. The molecule has 3 rings (SSSR count). The van der Waals surface area contributed by atoms with Crippen LogP contribution in [0.25, 0.3) is 0 Å². The first-order valence-electron chi connectivity index (χ1n) is 9.68. The summed E-state index contributed by atoms with van der Waals surface area (Å²) >= 11 is 1.00. The van der Waals surface area contributed by atoms with E-state index in [1.165, 1.54) is 0 Å². The molecule has 0 spiro atoms. The summed E-state index contributed by atoms with van der Waals surface area (Å²) in [5, 5.41) is 10.3. The molecule has 1 unspecified atom stereocenters. The Morgan fingerprint density at radius 2 is 1.93 bits per heavy atom. The molecule has 1 amide bonds. The fourth-order valence-electron chi connectivity index (χ4n) is 3.03. The highest BCUT2D eigenvalue weighted by atomic mass is 32.2. The second-order valence-electron chi connectivity index (χ2n) is 6.80. The molecule has 1 aliphatic heterocycles. The van der Waals surface area contributed by atoms with Crippen molar-refractivity contribution >= 4 is 23.6 Å². The molecule has 1 aliphatic rings. The van der Waals surface area contributed by atoms with Gasteiger partial charge in [-0.2, -0.15) is 13.2 Å². The van der Waals surface area contributed by atoms with Crippen LogP contribution in [0.4, 0.5) is 19.1 Å². The van der Waals surface area contributed by atoms with Gasteiger partial charge in [0.1, 0.15) is 6.54 Å². The zero-order valence-corrected chi connectivity index (χ0v) is 17.4. The van der Waals surface area contributed by atoms with Crippen molar-refractivity contribution in [2.45, 2.75) is 43.0 Å². The molecule has 11 heteroatoms. The topological polar surface area (TPSA) is 72.3 Å². The molecule has 2 aromatic rings. The van der Waals surface area contributed by atoms with Crippen molar-refractivity contribution in [3.8, 4) is 0 Å². The van der Waals surface area contributed by atoms with E-state index in [4.69, 9.17) is 4.74 Å². The van der Waals surface area contributed by atoms with Crippen molar-refractivity contribution in [2.24, 2.45) is 0 Å². The van der Waals surface area contributed by atoms with Crippen LogP contribution in [0.15, 0.2) is 35.5 Å².